The summed E-state index contributed by atoms with van der Waals surface area (Å²) >= 11 is 0. The van der Waals surface area contributed by atoms with Crippen LogP contribution in [0.5, 0.6) is 0 Å². The van der Waals surface area contributed by atoms with Gasteiger partial charge in [0.05, 0.1) is 11.9 Å². The summed E-state index contributed by atoms with van der Waals surface area (Å²) in [6.45, 7) is 0. The standard InChI is InChI=1S/C26H21N3O3/c1-29-16-27-15-17(29)10-12-24(30)20-7-2-3-8-21(20)25-13-11-18(32-25)14-22-19-6-4-5-9-23(19)28-26(22)31/h2-9,11,13-16H,10,12H2,1H3,(H,28,31)/b22-14+. The maximum atomic E-state index is 13.0. The van der Waals surface area contributed by atoms with Crippen molar-refractivity contribution in [3.05, 3.63) is 95.8 Å². The Hall–Kier alpha value is -4.19. The van der Waals surface area contributed by atoms with Gasteiger partial charge >= 0.3 is 0 Å². The second-order valence-corrected chi connectivity index (χ2v) is 7.72. The number of Topliss-reactive ketones (excluding diaryl/α,β-unsaturated/α-hetero) is 1. The average molecular weight is 423 g/mol. The lowest BCUT2D eigenvalue weighted by Crippen LogP contribution is -2.05. The first-order valence-electron chi connectivity index (χ1n) is 10.4. The molecule has 1 aliphatic heterocycles. The highest BCUT2D eigenvalue weighted by Gasteiger charge is 2.24. The van der Waals surface area contributed by atoms with E-state index in [1.807, 2.05) is 72.3 Å². The van der Waals surface area contributed by atoms with Gasteiger partial charge in [-0.1, -0.05) is 42.5 Å². The summed E-state index contributed by atoms with van der Waals surface area (Å²) in [5.41, 5.74) is 4.57. The molecule has 0 saturated carbocycles. The second kappa shape index (κ2) is 8.15. The van der Waals surface area contributed by atoms with E-state index in [0.717, 1.165) is 22.5 Å². The highest BCUT2D eigenvalue weighted by atomic mass is 16.3. The number of nitrogens with zero attached hydrogens (tertiary/aromatic N) is 2. The number of hydrogen-bond acceptors (Lipinski definition) is 4. The zero-order valence-corrected chi connectivity index (χ0v) is 17.5. The Balaban J connectivity index is 1.41. The summed E-state index contributed by atoms with van der Waals surface area (Å²) < 4.78 is 7.95. The van der Waals surface area contributed by atoms with E-state index in [-0.39, 0.29) is 11.7 Å². The first-order valence-corrected chi connectivity index (χ1v) is 10.4. The first kappa shape index (κ1) is 19.8. The molecule has 2 aromatic carbocycles. The van der Waals surface area contributed by atoms with E-state index in [0.29, 0.717) is 35.5 Å². The van der Waals surface area contributed by atoms with Crippen LogP contribution in [0.1, 0.15) is 33.8 Å². The van der Waals surface area contributed by atoms with Gasteiger partial charge in [0, 0.05) is 47.7 Å². The van der Waals surface area contributed by atoms with Crippen molar-refractivity contribution in [3.63, 3.8) is 0 Å². The molecular weight excluding hydrogens is 402 g/mol. The Morgan fingerprint density at radius 1 is 1.06 bits per heavy atom. The number of imidazole rings is 1. The number of furan rings is 1. The lowest BCUT2D eigenvalue weighted by atomic mass is 9.98. The minimum absolute atomic E-state index is 0.0437. The SMILES string of the molecule is Cn1cncc1CCC(=O)c1ccccc1-c1ccc(/C=C2/C(=O)Nc3ccccc32)o1. The fourth-order valence-corrected chi connectivity index (χ4v) is 3.94. The number of carbonyl (C=O) groups is 2. The molecular formula is C26H21N3O3. The van der Waals surface area contributed by atoms with Crippen LogP contribution >= 0.6 is 0 Å². The van der Waals surface area contributed by atoms with Gasteiger partial charge in [-0.05, 0) is 30.7 Å². The number of ketones is 1. The second-order valence-electron chi connectivity index (χ2n) is 7.72. The van der Waals surface area contributed by atoms with Crippen LogP contribution in [-0.2, 0) is 18.3 Å². The Labute approximate surface area is 185 Å². The van der Waals surface area contributed by atoms with Crippen molar-refractivity contribution in [3.8, 4) is 11.3 Å². The fraction of sp³-hybridized carbons (Fsp3) is 0.115. The molecule has 6 nitrogen and oxygen atoms in total. The molecule has 4 aromatic rings. The third kappa shape index (κ3) is 3.67. The number of aryl methyl sites for hydroxylation is 2. The van der Waals surface area contributed by atoms with Crippen LogP contribution in [0.3, 0.4) is 0 Å². The van der Waals surface area contributed by atoms with Crippen molar-refractivity contribution in [2.24, 2.45) is 7.05 Å². The molecule has 0 radical (unpaired) electrons. The van der Waals surface area contributed by atoms with Gasteiger partial charge in [-0.25, -0.2) is 4.98 Å². The monoisotopic (exact) mass is 423 g/mol. The zero-order valence-electron chi connectivity index (χ0n) is 17.5. The quantitative estimate of drug-likeness (QED) is 0.350. The molecule has 158 valence electrons. The van der Waals surface area contributed by atoms with E-state index in [1.54, 1.807) is 18.6 Å². The highest BCUT2D eigenvalue weighted by Crippen LogP contribution is 2.34. The number of rotatable bonds is 6. The van der Waals surface area contributed by atoms with Crippen LogP contribution in [0.25, 0.3) is 23.0 Å². The number of amides is 1. The van der Waals surface area contributed by atoms with E-state index >= 15 is 0 Å². The maximum Gasteiger partial charge on any atom is 0.256 e. The molecule has 1 amide bonds. The minimum Gasteiger partial charge on any atom is -0.457 e. The summed E-state index contributed by atoms with van der Waals surface area (Å²) in [7, 11) is 1.92. The predicted molar refractivity (Wildman–Crippen MR) is 123 cm³/mol. The molecule has 0 unspecified atom stereocenters. The molecule has 0 bridgehead atoms. The maximum absolute atomic E-state index is 13.0. The zero-order chi connectivity index (χ0) is 22.1. The number of carbonyl (C=O) groups excluding carboxylic acids is 2. The summed E-state index contributed by atoms with van der Waals surface area (Å²) in [4.78, 5) is 29.5. The normalized spacial score (nSPS) is 13.9. The minimum atomic E-state index is -0.158. The number of hydrogen-bond donors (Lipinski definition) is 1. The van der Waals surface area contributed by atoms with E-state index in [2.05, 4.69) is 10.3 Å². The third-order valence-electron chi connectivity index (χ3n) is 5.64. The number of para-hydroxylation sites is 1. The van der Waals surface area contributed by atoms with Crippen molar-refractivity contribution < 1.29 is 14.0 Å². The predicted octanol–water partition coefficient (Wildman–Crippen LogP) is 4.99. The molecule has 0 aliphatic carbocycles. The number of benzene rings is 2. The number of fused-ring (bicyclic) bond motifs is 1. The first-order chi connectivity index (χ1) is 15.6. The van der Waals surface area contributed by atoms with E-state index in [4.69, 9.17) is 4.42 Å². The Kier molecular flexibility index (Phi) is 5.03. The van der Waals surface area contributed by atoms with E-state index < -0.39 is 0 Å². The molecule has 0 fully saturated rings. The van der Waals surface area contributed by atoms with Crippen molar-refractivity contribution in [2.45, 2.75) is 12.8 Å². The van der Waals surface area contributed by atoms with Gasteiger partial charge in [0.25, 0.3) is 5.91 Å². The Morgan fingerprint density at radius 3 is 2.66 bits per heavy atom. The summed E-state index contributed by atoms with van der Waals surface area (Å²) in [5.74, 6) is 1.03. The van der Waals surface area contributed by atoms with E-state index in [9.17, 15) is 9.59 Å². The van der Waals surface area contributed by atoms with Gasteiger partial charge in [-0.15, -0.1) is 0 Å². The molecule has 0 saturated heterocycles. The lowest BCUT2D eigenvalue weighted by molar-refractivity contribution is -0.110. The van der Waals surface area contributed by atoms with Crippen molar-refractivity contribution in [1.29, 1.82) is 0 Å². The van der Waals surface area contributed by atoms with Gasteiger partial charge in [-0.2, -0.15) is 0 Å². The molecule has 32 heavy (non-hydrogen) atoms. The van der Waals surface area contributed by atoms with Crippen molar-refractivity contribution >= 4 is 29.0 Å². The van der Waals surface area contributed by atoms with Crippen LogP contribution in [-0.4, -0.2) is 21.2 Å². The van der Waals surface area contributed by atoms with Crippen LogP contribution in [0, 0.1) is 0 Å². The summed E-state index contributed by atoms with van der Waals surface area (Å²) in [5, 5.41) is 2.86. The highest BCUT2D eigenvalue weighted by molar-refractivity contribution is 6.34. The van der Waals surface area contributed by atoms with Crippen LogP contribution in [0.4, 0.5) is 5.69 Å². The van der Waals surface area contributed by atoms with Crippen molar-refractivity contribution in [2.75, 3.05) is 5.32 Å². The van der Waals surface area contributed by atoms with Gasteiger partial charge in [0.2, 0.25) is 0 Å². The van der Waals surface area contributed by atoms with Gasteiger partial charge in [0.1, 0.15) is 11.5 Å². The molecule has 1 aliphatic rings. The number of nitrogens with one attached hydrogen (secondary N) is 1. The topological polar surface area (TPSA) is 77.1 Å². The number of anilines is 1. The van der Waals surface area contributed by atoms with Gasteiger partial charge in [0.15, 0.2) is 5.78 Å². The van der Waals surface area contributed by atoms with Crippen molar-refractivity contribution in [1.82, 2.24) is 9.55 Å². The molecule has 0 atom stereocenters. The van der Waals surface area contributed by atoms with Crippen LogP contribution in [0.2, 0.25) is 0 Å². The molecule has 2 aromatic heterocycles. The Bertz CT molecular complexity index is 1360. The van der Waals surface area contributed by atoms with Gasteiger partial charge < -0.3 is 14.3 Å². The third-order valence-corrected chi connectivity index (χ3v) is 5.64. The number of aromatic nitrogens is 2. The largest absolute Gasteiger partial charge is 0.457 e. The Morgan fingerprint density at radius 2 is 1.84 bits per heavy atom. The molecule has 6 heteroatoms. The molecule has 1 N–H and O–H groups in total. The fourth-order valence-electron chi connectivity index (χ4n) is 3.94. The molecule has 3 heterocycles. The smallest absolute Gasteiger partial charge is 0.256 e. The molecule has 0 spiro atoms. The average Bonchev–Trinajstić information content (AvgIpc) is 3.52. The lowest BCUT2D eigenvalue weighted by Gasteiger charge is -2.07. The summed E-state index contributed by atoms with van der Waals surface area (Å²) in [6, 6.07) is 18.6. The molecule has 5 rings (SSSR count). The van der Waals surface area contributed by atoms with E-state index in [1.165, 1.54) is 0 Å². The van der Waals surface area contributed by atoms with Crippen LogP contribution < -0.4 is 5.32 Å². The van der Waals surface area contributed by atoms with Crippen LogP contribution in [0.15, 0.2) is 77.6 Å². The van der Waals surface area contributed by atoms with Gasteiger partial charge in [-0.3, -0.25) is 9.59 Å². The summed E-state index contributed by atoms with van der Waals surface area (Å²) in [6.07, 6.45) is 6.24.